The predicted molar refractivity (Wildman–Crippen MR) is 70.3 cm³/mol. The van der Waals surface area contributed by atoms with Gasteiger partial charge in [0.15, 0.2) is 0 Å². The average molecular weight is 220 g/mol. The monoisotopic (exact) mass is 220 g/mol. The van der Waals surface area contributed by atoms with Gasteiger partial charge in [0.1, 0.15) is 5.75 Å². The molecule has 0 saturated carbocycles. The van der Waals surface area contributed by atoms with E-state index in [-0.39, 0.29) is 0 Å². The Hall–Kier alpha value is -0.980. The Morgan fingerprint density at radius 1 is 1.00 bits per heavy atom. The van der Waals surface area contributed by atoms with Crippen LogP contribution >= 0.6 is 0 Å². The molecule has 0 fully saturated rings. The van der Waals surface area contributed by atoms with E-state index in [9.17, 15) is 5.11 Å². The highest BCUT2D eigenvalue weighted by molar-refractivity contribution is 5.46. The maximum atomic E-state index is 10.3. The molecule has 0 heterocycles. The minimum atomic E-state index is 0.433. The summed E-state index contributed by atoms with van der Waals surface area (Å²) in [6.07, 6.45) is 2.13. The Balaban J connectivity index is 3.25. The Bertz CT molecular complexity index is 323. The molecule has 1 rings (SSSR count). The molecule has 0 spiro atoms. The largest absolute Gasteiger partial charge is 0.507 e. The van der Waals surface area contributed by atoms with E-state index in [0.717, 1.165) is 24.0 Å². The average Bonchev–Trinajstić information content (AvgIpc) is 2.29. The second-order valence-electron chi connectivity index (χ2n) is 4.91. The summed E-state index contributed by atoms with van der Waals surface area (Å²) in [5, 5.41) is 10.3. The van der Waals surface area contributed by atoms with Gasteiger partial charge in [-0.1, -0.05) is 45.4 Å². The van der Waals surface area contributed by atoms with Crippen molar-refractivity contribution in [1.29, 1.82) is 0 Å². The van der Waals surface area contributed by atoms with Crippen LogP contribution in [-0.2, 0) is 0 Å². The van der Waals surface area contributed by atoms with E-state index in [1.165, 1.54) is 5.56 Å². The molecule has 1 aromatic rings. The van der Waals surface area contributed by atoms with Gasteiger partial charge in [0.25, 0.3) is 0 Å². The van der Waals surface area contributed by atoms with Crippen LogP contribution in [0.15, 0.2) is 12.1 Å². The summed E-state index contributed by atoms with van der Waals surface area (Å²) < 4.78 is 0. The van der Waals surface area contributed by atoms with Crippen LogP contribution in [0.4, 0.5) is 0 Å². The number of benzene rings is 1. The fraction of sp³-hybridized carbons (Fsp3) is 0.600. The van der Waals surface area contributed by atoms with Crippen molar-refractivity contribution >= 4 is 0 Å². The highest BCUT2D eigenvalue weighted by Crippen LogP contribution is 2.36. The zero-order valence-electron chi connectivity index (χ0n) is 11.2. The van der Waals surface area contributed by atoms with Gasteiger partial charge in [-0.3, -0.25) is 0 Å². The van der Waals surface area contributed by atoms with E-state index < -0.39 is 0 Å². The number of hydrogen-bond acceptors (Lipinski definition) is 1. The van der Waals surface area contributed by atoms with Crippen molar-refractivity contribution < 1.29 is 5.11 Å². The first kappa shape index (κ1) is 13.1. The number of phenolic OH excluding ortho intramolecular Hbond substituents is 1. The summed E-state index contributed by atoms with van der Waals surface area (Å²) in [6, 6.07) is 4.24. The quantitative estimate of drug-likeness (QED) is 0.778. The first-order valence-corrected chi connectivity index (χ1v) is 6.34. The van der Waals surface area contributed by atoms with Gasteiger partial charge in [-0.05, 0) is 42.7 Å². The van der Waals surface area contributed by atoms with Gasteiger partial charge in [0.05, 0.1) is 0 Å². The second kappa shape index (κ2) is 5.38. The SMILES string of the molecule is CCC(C)c1cc(C)cc(C(C)CC)c1O. The van der Waals surface area contributed by atoms with Gasteiger partial charge in [-0.25, -0.2) is 0 Å². The van der Waals surface area contributed by atoms with Crippen LogP contribution < -0.4 is 0 Å². The lowest BCUT2D eigenvalue weighted by Gasteiger charge is -2.19. The molecule has 90 valence electrons. The molecule has 0 aliphatic heterocycles. The molecule has 0 aromatic heterocycles. The van der Waals surface area contributed by atoms with E-state index in [1.54, 1.807) is 0 Å². The van der Waals surface area contributed by atoms with Crippen LogP contribution in [0.5, 0.6) is 5.75 Å². The van der Waals surface area contributed by atoms with E-state index >= 15 is 0 Å². The molecular weight excluding hydrogens is 196 g/mol. The van der Waals surface area contributed by atoms with Crippen LogP contribution in [-0.4, -0.2) is 5.11 Å². The fourth-order valence-electron chi connectivity index (χ4n) is 2.03. The molecule has 1 aromatic carbocycles. The molecule has 0 radical (unpaired) electrons. The summed E-state index contributed by atoms with van der Waals surface area (Å²) in [5.74, 6) is 1.39. The van der Waals surface area contributed by atoms with Gasteiger partial charge < -0.3 is 5.11 Å². The zero-order chi connectivity index (χ0) is 12.3. The summed E-state index contributed by atoms with van der Waals surface area (Å²) in [6.45, 7) is 10.8. The zero-order valence-corrected chi connectivity index (χ0v) is 11.2. The van der Waals surface area contributed by atoms with Crippen LogP contribution in [0.1, 0.15) is 69.1 Å². The third-order valence-corrected chi connectivity index (χ3v) is 3.60. The van der Waals surface area contributed by atoms with Crippen LogP contribution in [0, 0.1) is 6.92 Å². The standard InChI is InChI=1S/C15H24O/c1-6-11(4)13-8-10(3)9-14(15(13)16)12(5)7-2/h8-9,11-12,16H,6-7H2,1-5H3. The molecule has 0 saturated heterocycles. The van der Waals surface area contributed by atoms with E-state index in [0.29, 0.717) is 17.6 Å². The van der Waals surface area contributed by atoms with Crippen molar-refractivity contribution in [3.05, 3.63) is 28.8 Å². The molecule has 1 nitrogen and oxygen atoms in total. The normalized spacial score (nSPS) is 14.8. The molecule has 0 amide bonds. The van der Waals surface area contributed by atoms with Gasteiger partial charge in [0, 0.05) is 0 Å². The number of rotatable bonds is 4. The molecule has 0 aliphatic carbocycles. The number of aryl methyl sites for hydroxylation is 1. The Kier molecular flexibility index (Phi) is 4.40. The molecule has 0 bridgehead atoms. The lowest BCUT2D eigenvalue weighted by Crippen LogP contribution is -1.99. The van der Waals surface area contributed by atoms with Crippen LogP contribution in [0.3, 0.4) is 0 Å². The minimum absolute atomic E-state index is 0.433. The second-order valence-corrected chi connectivity index (χ2v) is 4.91. The van der Waals surface area contributed by atoms with Crippen molar-refractivity contribution in [2.24, 2.45) is 0 Å². The third-order valence-electron chi connectivity index (χ3n) is 3.60. The summed E-state index contributed by atoms with van der Waals surface area (Å²) in [5.41, 5.74) is 3.47. The highest BCUT2D eigenvalue weighted by atomic mass is 16.3. The van der Waals surface area contributed by atoms with Crippen molar-refractivity contribution in [2.45, 2.75) is 59.3 Å². The first-order valence-electron chi connectivity index (χ1n) is 6.34. The van der Waals surface area contributed by atoms with Gasteiger partial charge in [-0.2, -0.15) is 0 Å². The Morgan fingerprint density at radius 3 is 1.69 bits per heavy atom. The van der Waals surface area contributed by atoms with Crippen molar-refractivity contribution in [2.75, 3.05) is 0 Å². The molecule has 2 atom stereocenters. The van der Waals surface area contributed by atoms with Crippen molar-refractivity contribution in [1.82, 2.24) is 0 Å². The number of hydrogen-bond donors (Lipinski definition) is 1. The predicted octanol–water partition coefficient (Wildman–Crippen LogP) is 4.73. The van der Waals surface area contributed by atoms with Crippen molar-refractivity contribution in [3.8, 4) is 5.75 Å². The minimum Gasteiger partial charge on any atom is -0.507 e. The fourth-order valence-corrected chi connectivity index (χ4v) is 2.03. The van der Waals surface area contributed by atoms with E-state index in [4.69, 9.17) is 0 Å². The maximum absolute atomic E-state index is 10.3. The molecule has 1 N–H and O–H groups in total. The van der Waals surface area contributed by atoms with Crippen LogP contribution in [0.25, 0.3) is 0 Å². The smallest absolute Gasteiger partial charge is 0.122 e. The van der Waals surface area contributed by atoms with Gasteiger partial charge >= 0.3 is 0 Å². The molecular formula is C15H24O. The third kappa shape index (κ3) is 2.58. The lowest BCUT2D eigenvalue weighted by atomic mass is 9.88. The Morgan fingerprint density at radius 2 is 1.38 bits per heavy atom. The van der Waals surface area contributed by atoms with E-state index in [2.05, 4.69) is 46.8 Å². The molecule has 16 heavy (non-hydrogen) atoms. The van der Waals surface area contributed by atoms with Gasteiger partial charge in [-0.15, -0.1) is 0 Å². The van der Waals surface area contributed by atoms with Gasteiger partial charge in [0.2, 0.25) is 0 Å². The molecule has 1 heteroatoms. The first-order chi connectivity index (χ1) is 7.51. The summed E-state index contributed by atoms with van der Waals surface area (Å²) in [4.78, 5) is 0. The summed E-state index contributed by atoms with van der Waals surface area (Å²) in [7, 11) is 0. The molecule has 0 aliphatic rings. The van der Waals surface area contributed by atoms with E-state index in [1.807, 2.05) is 0 Å². The summed E-state index contributed by atoms with van der Waals surface area (Å²) >= 11 is 0. The maximum Gasteiger partial charge on any atom is 0.122 e. The molecule has 2 unspecified atom stereocenters. The topological polar surface area (TPSA) is 20.2 Å². The highest BCUT2D eigenvalue weighted by Gasteiger charge is 2.16. The number of aromatic hydroxyl groups is 1. The Labute approximate surface area is 99.5 Å². The van der Waals surface area contributed by atoms with Crippen LogP contribution in [0.2, 0.25) is 0 Å². The van der Waals surface area contributed by atoms with Crippen molar-refractivity contribution in [3.63, 3.8) is 0 Å². The number of phenols is 1. The lowest BCUT2D eigenvalue weighted by molar-refractivity contribution is 0.448.